The average molecular weight is 605 g/mol. The number of fused-ring (bicyclic) bond motifs is 2. The Balaban J connectivity index is 1.31. The molecule has 1 saturated carbocycles. The second kappa shape index (κ2) is 10.7. The SMILES string of the molecule is COC(=O)[C@H](C)NP(=O)(OC[C@H]1O[C@@H](n2cnc3c(=O)[nH]c(N)nc32)C2(C)OC3(CCCC3)OC12)Oc1ccccc1. The van der Waals surface area contributed by atoms with E-state index in [1.54, 1.807) is 34.9 Å². The molecule has 3 aromatic rings. The molecule has 4 N–H and O–H groups in total. The molecule has 2 aromatic heterocycles. The van der Waals surface area contributed by atoms with Crippen molar-refractivity contribution in [3.63, 3.8) is 0 Å². The van der Waals surface area contributed by atoms with E-state index in [0.29, 0.717) is 12.8 Å². The number of nitrogen functional groups attached to an aromatic ring is 1. The number of imidazole rings is 1. The normalized spacial score (nSPS) is 28.5. The van der Waals surface area contributed by atoms with Crippen molar-refractivity contribution in [2.45, 2.75) is 75.4 Å². The highest BCUT2D eigenvalue weighted by Crippen LogP contribution is 2.56. The summed E-state index contributed by atoms with van der Waals surface area (Å²) < 4.78 is 51.7. The van der Waals surface area contributed by atoms with Crippen molar-refractivity contribution in [2.24, 2.45) is 0 Å². The number of para-hydroxylation sites is 1. The van der Waals surface area contributed by atoms with Gasteiger partial charge in [-0.3, -0.25) is 23.7 Å². The number of esters is 1. The summed E-state index contributed by atoms with van der Waals surface area (Å²) in [6.45, 7) is 3.08. The molecule has 42 heavy (non-hydrogen) atoms. The first-order valence-corrected chi connectivity index (χ1v) is 15.2. The monoisotopic (exact) mass is 604 g/mol. The first-order valence-electron chi connectivity index (χ1n) is 13.7. The predicted molar refractivity (Wildman–Crippen MR) is 147 cm³/mol. The van der Waals surface area contributed by atoms with E-state index in [1.807, 2.05) is 6.92 Å². The molecule has 2 saturated heterocycles. The number of nitrogens with two attached hydrogens (primary N) is 1. The van der Waals surface area contributed by atoms with Gasteiger partial charge in [-0.15, -0.1) is 0 Å². The number of nitrogens with one attached hydrogen (secondary N) is 2. The minimum absolute atomic E-state index is 0.0745. The third kappa shape index (κ3) is 5.10. The van der Waals surface area contributed by atoms with Crippen LogP contribution in [-0.2, 0) is 32.8 Å². The number of aromatic amines is 1. The second-order valence-electron chi connectivity index (χ2n) is 10.8. The van der Waals surface area contributed by atoms with E-state index in [-0.39, 0.29) is 29.5 Å². The second-order valence-corrected chi connectivity index (χ2v) is 12.5. The number of ether oxygens (including phenoxy) is 4. The summed E-state index contributed by atoms with van der Waals surface area (Å²) in [6.07, 6.45) is 2.38. The Kier molecular flexibility index (Phi) is 7.36. The van der Waals surface area contributed by atoms with Crippen molar-refractivity contribution in [1.29, 1.82) is 0 Å². The summed E-state index contributed by atoms with van der Waals surface area (Å²) in [5.41, 5.74) is 4.58. The van der Waals surface area contributed by atoms with E-state index >= 15 is 0 Å². The fraction of sp³-hybridized carbons (Fsp3) is 0.538. The van der Waals surface area contributed by atoms with Crippen LogP contribution >= 0.6 is 7.75 Å². The van der Waals surface area contributed by atoms with E-state index in [9.17, 15) is 14.2 Å². The fourth-order valence-corrected chi connectivity index (χ4v) is 7.41. The van der Waals surface area contributed by atoms with E-state index in [2.05, 4.69) is 20.0 Å². The van der Waals surface area contributed by atoms with Gasteiger partial charge in [0.05, 0.1) is 20.0 Å². The maximum Gasteiger partial charge on any atom is 0.459 e. The smallest absolute Gasteiger partial charge is 0.459 e. The van der Waals surface area contributed by atoms with Crippen LogP contribution in [0.2, 0.25) is 0 Å². The van der Waals surface area contributed by atoms with Crippen LogP contribution in [0, 0.1) is 0 Å². The Morgan fingerprint density at radius 1 is 1.31 bits per heavy atom. The summed E-state index contributed by atoms with van der Waals surface area (Å²) in [6, 6.07) is 7.43. The fourth-order valence-electron chi connectivity index (χ4n) is 5.90. The zero-order valence-electron chi connectivity index (χ0n) is 23.3. The number of carbonyl (C=O) groups excluding carboxylic acids is 1. The van der Waals surface area contributed by atoms with Gasteiger partial charge in [-0.25, -0.2) is 9.55 Å². The molecule has 4 heterocycles. The van der Waals surface area contributed by atoms with Gasteiger partial charge in [-0.1, -0.05) is 18.2 Å². The first-order chi connectivity index (χ1) is 20.0. The molecule has 0 amide bonds. The first kappa shape index (κ1) is 28.8. The lowest BCUT2D eigenvalue weighted by Gasteiger charge is -2.31. The number of aromatic nitrogens is 4. The van der Waals surface area contributed by atoms with E-state index in [0.717, 1.165) is 12.8 Å². The van der Waals surface area contributed by atoms with Crippen LogP contribution < -0.4 is 20.9 Å². The summed E-state index contributed by atoms with van der Waals surface area (Å²) in [5.74, 6) is -1.27. The number of carbonyl (C=O) groups is 1. The average Bonchev–Trinajstić information content (AvgIpc) is 3.70. The molecule has 6 atom stereocenters. The van der Waals surface area contributed by atoms with Gasteiger partial charge in [-0.05, 0) is 38.8 Å². The lowest BCUT2D eigenvalue weighted by molar-refractivity contribution is -0.231. The Bertz CT molecular complexity index is 1580. The highest BCUT2D eigenvalue weighted by atomic mass is 31.2. The topological polar surface area (TPSA) is 191 Å². The Labute approximate surface area is 240 Å². The quantitative estimate of drug-likeness (QED) is 0.239. The van der Waals surface area contributed by atoms with Gasteiger partial charge < -0.3 is 29.2 Å². The molecule has 15 nitrogen and oxygen atoms in total. The number of hydrogen-bond acceptors (Lipinski definition) is 12. The number of benzene rings is 1. The minimum Gasteiger partial charge on any atom is -0.468 e. The van der Waals surface area contributed by atoms with E-state index < -0.39 is 55.1 Å². The maximum atomic E-state index is 14.0. The summed E-state index contributed by atoms with van der Waals surface area (Å²) in [4.78, 5) is 35.6. The molecule has 16 heteroatoms. The molecule has 6 rings (SSSR count). The standard InChI is InChI=1S/C26H33N6O9P/c1-15(22(34)36-3)31-42(35,40-16-9-5-4-6-10-16)37-13-17-19-25(2,41-26(39-19)11-7-8-12-26)23(38-17)32-14-28-18-20(32)29-24(27)30-21(18)33/h4-6,9-10,14-15,17,19,23H,7-8,11-13H2,1-3H3,(H,31,35)(H3,27,29,30,33)/t15-,17+,19?,23+,25?,42?/m0/s1. The molecule has 3 unspecified atom stereocenters. The highest BCUT2D eigenvalue weighted by molar-refractivity contribution is 7.52. The molecule has 0 radical (unpaired) electrons. The van der Waals surface area contributed by atoms with Gasteiger partial charge in [-0.2, -0.15) is 10.1 Å². The molecular weight excluding hydrogens is 571 g/mol. The molecule has 0 bridgehead atoms. The van der Waals surface area contributed by atoms with Crippen LogP contribution in [0.15, 0.2) is 41.5 Å². The largest absolute Gasteiger partial charge is 0.468 e. The number of nitrogens with zero attached hydrogens (tertiary/aromatic N) is 3. The van der Waals surface area contributed by atoms with Crippen LogP contribution in [0.3, 0.4) is 0 Å². The lowest BCUT2D eigenvalue weighted by Crippen LogP contribution is -2.42. The van der Waals surface area contributed by atoms with Gasteiger partial charge in [0.15, 0.2) is 23.2 Å². The molecule has 1 aromatic carbocycles. The summed E-state index contributed by atoms with van der Waals surface area (Å²) >= 11 is 0. The molecule has 1 spiro atoms. The van der Waals surface area contributed by atoms with Crippen molar-refractivity contribution >= 4 is 30.8 Å². The van der Waals surface area contributed by atoms with Crippen LogP contribution in [0.5, 0.6) is 5.75 Å². The van der Waals surface area contributed by atoms with Gasteiger partial charge >= 0.3 is 13.7 Å². The van der Waals surface area contributed by atoms with E-state index in [1.165, 1.54) is 20.4 Å². The van der Waals surface area contributed by atoms with Crippen molar-refractivity contribution in [2.75, 3.05) is 19.5 Å². The van der Waals surface area contributed by atoms with E-state index in [4.69, 9.17) is 33.7 Å². The molecule has 3 fully saturated rings. The van der Waals surface area contributed by atoms with Gasteiger partial charge in [0, 0.05) is 12.8 Å². The maximum absolute atomic E-state index is 14.0. The summed E-state index contributed by atoms with van der Waals surface area (Å²) in [5, 5.41) is 2.64. The zero-order valence-corrected chi connectivity index (χ0v) is 24.2. The molecule has 1 aliphatic carbocycles. The van der Waals surface area contributed by atoms with Gasteiger partial charge in [0.1, 0.15) is 29.6 Å². The van der Waals surface area contributed by atoms with Gasteiger partial charge in [0.2, 0.25) is 5.95 Å². The van der Waals surface area contributed by atoms with Crippen molar-refractivity contribution in [3.8, 4) is 5.75 Å². The molecule has 3 aliphatic rings. The van der Waals surface area contributed by atoms with Crippen molar-refractivity contribution in [3.05, 3.63) is 47.0 Å². The zero-order chi connectivity index (χ0) is 29.7. The van der Waals surface area contributed by atoms with Crippen molar-refractivity contribution in [1.82, 2.24) is 24.6 Å². The van der Waals surface area contributed by atoms with Crippen molar-refractivity contribution < 1.29 is 37.4 Å². The van der Waals surface area contributed by atoms with Crippen LogP contribution in [0.4, 0.5) is 5.95 Å². The van der Waals surface area contributed by atoms with Crippen LogP contribution in [-0.4, -0.2) is 68.8 Å². The number of rotatable bonds is 9. The van der Waals surface area contributed by atoms with Crippen LogP contribution in [0.1, 0.15) is 45.8 Å². The van der Waals surface area contributed by atoms with Gasteiger partial charge in [0.25, 0.3) is 5.56 Å². The summed E-state index contributed by atoms with van der Waals surface area (Å²) in [7, 11) is -2.94. The number of H-pyrrole nitrogens is 1. The predicted octanol–water partition coefficient (Wildman–Crippen LogP) is 2.40. The Morgan fingerprint density at radius 2 is 2.05 bits per heavy atom. The highest BCUT2D eigenvalue weighted by Gasteiger charge is 2.67. The molecular formula is C26H33N6O9P. The third-order valence-corrected chi connectivity index (χ3v) is 9.44. The number of anilines is 1. The number of methoxy groups -OCH3 is 1. The Morgan fingerprint density at radius 3 is 2.76 bits per heavy atom. The minimum atomic E-state index is -4.16. The lowest BCUT2D eigenvalue weighted by atomic mass is 9.96. The Hall–Kier alpha value is -3.33. The molecule has 2 aliphatic heterocycles. The number of hydrogen-bond donors (Lipinski definition) is 3. The third-order valence-electron chi connectivity index (χ3n) is 7.80. The molecule has 226 valence electrons. The van der Waals surface area contributed by atoms with Crippen LogP contribution in [0.25, 0.3) is 11.2 Å².